The second-order valence-corrected chi connectivity index (χ2v) is 2.89. The molecule has 0 aromatic carbocycles. The lowest BCUT2D eigenvalue weighted by atomic mass is 10.1. The van der Waals surface area contributed by atoms with Gasteiger partial charge in [0.15, 0.2) is 0 Å². The van der Waals surface area contributed by atoms with E-state index in [1.54, 1.807) is 0 Å². The van der Waals surface area contributed by atoms with Crippen molar-refractivity contribution in [2.24, 2.45) is 11.8 Å². The second kappa shape index (κ2) is 6.99. The van der Waals surface area contributed by atoms with Gasteiger partial charge in [0.25, 0.3) is 0 Å². The summed E-state index contributed by atoms with van der Waals surface area (Å²) >= 11 is 0. The summed E-state index contributed by atoms with van der Waals surface area (Å²) in [5.41, 5.74) is 2.59. The maximum Gasteiger partial charge on any atom is 0.0223 e. The van der Waals surface area contributed by atoms with Crippen LogP contribution < -0.4 is 16.6 Å². The van der Waals surface area contributed by atoms with Gasteiger partial charge in [-0.3, -0.25) is 11.3 Å². The minimum atomic E-state index is 0.790. The van der Waals surface area contributed by atoms with E-state index in [2.05, 4.69) is 24.6 Å². The quantitative estimate of drug-likeness (QED) is 0.282. The Kier molecular flexibility index (Phi) is 6.91. The molecule has 3 heteroatoms. The van der Waals surface area contributed by atoms with Crippen LogP contribution in [0.5, 0.6) is 0 Å². The summed E-state index contributed by atoms with van der Waals surface area (Å²) in [6, 6.07) is 0. The van der Waals surface area contributed by atoms with Gasteiger partial charge in [-0.15, -0.1) is 0 Å². The average molecular weight is 145 g/mol. The standard InChI is InChI=1S/C7H19N3/c1-7(2)3-4-9-5-6-10-8/h7,9-10H,3-6,8H2,1-2H3. The fourth-order valence-corrected chi connectivity index (χ4v) is 0.676. The molecule has 3 nitrogen and oxygen atoms in total. The van der Waals surface area contributed by atoms with Crippen LogP contribution in [-0.2, 0) is 0 Å². The van der Waals surface area contributed by atoms with Crippen LogP contribution in [0.4, 0.5) is 0 Å². The molecule has 0 unspecified atom stereocenters. The summed E-state index contributed by atoms with van der Waals surface area (Å²) in [6.45, 7) is 7.35. The molecule has 0 fully saturated rings. The highest BCUT2D eigenvalue weighted by Gasteiger charge is 1.91. The molecule has 0 heterocycles. The highest BCUT2D eigenvalue weighted by molar-refractivity contribution is 4.51. The van der Waals surface area contributed by atoms with Gasteiger partial charge in [0.1, 0.15) is 0 Å². The third kappa shape index (κ3) is 7.88. The van der Waals surface area contributed by atoms with Crippen LogP contribution in [0.2, 0.25) is 0 Å². The van der Waals surface area contributed by atoms with Crippen molar-refractivity contribution in [2.75, 3.05) is 19.6 Å². The summed E-state index contributed by atoms with van der Waals surface area (Å²) in [6.07, 6.45) is 1.24. The third-order valence-corrected chi connectivity index (χ3v) is 1.34. The molecule has 0 bridgehead atoms. The molecule has 0 saturated carbocycles. The van der Waals surface area contributed by atoms with Crippen LogP contribution in [0.3, 0.4) is 0 Å². The predicted octanol–water partition coefficient (Wildman–Crippen LogP) is 0.0854. The fourth-order valence-electron chi connectivity index (χ4n) is 0.676. The van der Waals surface area contributed by atoms with Crippen LogP contribution in [0.1, 0.15) is 20.3 Å². The lowest BCUT2D eigenvalue weighted by molar-refractivity contribution is 0.530. The molecule has 0 spiro atoms. The minimum Gasteiger partial charge on any atom is -0.315 e. The van der Waals surface area contributed by atoms with Gasteiger partial charge in [-0.2, -0.15) is 0 Å². The lowest BCUT2D eigenvalue weighted by Gasteiger charge is -2.05. The van der Waals surface area contributed by atoms with E-state index in [0.717, 1.165) is 25.6 Å². The number of hydrazine groups is 1. The SMILES string of the molecule is CC(C)CCNCCNN. The number of hydrogen-bond donors (Lipinski definition) is 3. The van der Waals surface area contributed by atoms with Gasteiger partial charge in [-0.25, -0.2) is 0 Å². The van der Waals surface area contributed by atoms with E-state index in [9.17, 15) is 0 Å². The monoisotopic (exact) mass is 145 g/mol. The molecule has 10 heavy (non-hydrogen) atoms. The van der Waals surface area contributed by atoms with Crippen molar-refractivity contribution in [1.82, 2.24) is 10.7 Å². The zero-order valence-electron chi connectivity index (χ0n) is 6.98. The molecule has 0 aliphatic heterocycles. The van der Waals surface area contributed by atoms with Gasteiger partial charge in [0, 0.05) is 13.1 Å². The number of hydrogen-bond acceptors (Lipinski definition) is 3. The van der Waals surface area contributed by atoms with Gasteiger partial charge in [0.2, 0.25) is 0 Å². The molecule has 0 aliphatic carbocycles. The Balaban J connectivity index is 2.77. The molecule has 62 valence electrons. The van der Waals surface area contributed by atoms with Crippen LogP contribution in [0.25, 0.3) is 0 Å². The highest BCUT2D eigenvalue weighted by Crippen LogP contribution is 1.95. The van der Waals surface area contributed by atoms with Crippen LogP contribution in [0, 0.1) is 5.92 Å². The molecule has 0 rings (SSSR count). The van der Waals surface area contributed by atoms with E-state index >= 15 is 0 Å². The van der Waals surface area contributed by atoms with E-state index in [1.165, 1.54) is 6.42 Å². The fraction of sp³-hybridized carbons (Fsp3) is 1.00. The zero-order chi connectivity index (χ0) is 7.82. The summed E-state index contributed by atoms with van der Waals surface area (Å²) in [5.74, 6) is 5.87. The average Bonchev–Trinajstić information content (AvgIpc) is 1.87. The molecule has 0 aromatic rings. The number of nitrogens with one attached hydrogen (secondary N) is 2. The first-order chi connectivity index (χ1) is 4.77. The van der Waals surface area contributed by atoms with Gasteiger partial charge < -0.3 is 5.32 Å². The Morgan fingerprint density at radius 3 is 2.40 bits per heavy atom. The molecule has 0 amide bonds. The summed E-state index contributed by atoms with van der Waals surface area (Å²) < 4.78 is 0. The summed E-state index contributed by atoms with van der Waals surface area (Å²) in [7, 11) is 0. The Morgan fingerprint density at radius 2 is 1.90 bits per heavy atom. The molecular weight excluding hydrogens is 126 g/mol. The molecule has 0 aromatic heterocycles. The summed E-state index contributed by atoms with van der Waals surface area (Å²) in [4.78, 5) is 0. The van der Waals surface area contributed by atoms with Crippen molar-refractivity contribution in [3.63, 3.8) is 0 Å². The van der Waals surface area contributed by atoms with E-state index in [0.29, 0.717) is 0 Å². The smallest absolute Gasteiger partial charge is 0.0223 e. The van der Waals surface area contributed by atoms with E-state index in [4.69, 9.17) is 5.84 Å². The maximum absolute atomic E-state index is 5.08. The topological polar surface area (TPSA) is 50.1 Å². The molecule has 4 N–H and O–H groups in total. The Hall–Kier alpha value is -0.120. The first kappa shape index (κ1) is 9.88. The van der Waals surface area contributed by atoms with E-state index < -0.39 is 0 Å². The Bertz CT molecular complexity index is 63.9. The first-order valence-electron chi connectivity index (χ1n) is 3.91. The van der Waals surface area contributed by atoms with E-state index in [1.807, 2.05) is 0 Å². The van der Waals surface area contributed by atoms with Crippen LogP contribution in [0.15, 0.2) is 0 Å². The Morgan fingerprint density at radius 1 is 1.20 bits per heavy atom. The van der Waals surface area contributed by atoms with Gasteiger partial charge in [-0.1, -0.05) is 13.8 Å². The second-order valence-electron chi connectivity index (χ2n) is 2.89. The van der Waals surface area contributed by atoms with Crippen LogP contribution >= 0.6 is 0 Å². The Labute approximate surface area is 63.3 Å². The molecule has 0 saturated heterocycles. The van der Waals surface area contributed by atoms with Crippen molar-refractivity contribution in [2.45, 2.75) is 20.3 Å². The normalized spacial score (nSPS) is 10.8. The summed E-state index contributed by atoms with van der Waals surface area (Å²) in [5, 5.41) is 3.28. The molecule has 0 atom stereocenters. The van der Waals surface area contributed by atoms with Gasteiger partial charge >= 0.3 is 0 Å². The molecule has 0 radical (unpaired) electrons. The van der Waals surface area contributed by atoms with Crippen LogP contribution in [-0.4, -0.2) is 19.6 Å². The highest BCUT2D eigenvalue weighted by atomic mass is 15.2. The lowest BCUT2D eigenvalue weighted by Crippen LogP contribution is -2.32. The number of rotatable bonds is 6. The van der Waals surface area contributed by atoms with E-state index in [-0.39, 0.29) is 0 Å². The van der Waals surface area contributed by atoms with Gasteiger partial charge in [0.05, 0.1) is 0 Å². The minimum absolute atomic E-state index is 0.790. The molecular formula is C7H19N3. The predicted molar refractivity (Wildman–Crippen MR) is 44.5 cm³/mol. The van der Waals surface area contributed by atoms with Crippen molar-refractivity contribution in [1.29, 1.82) is 0 Å². The van der Waals surface area contributed by atoms with Crippen molar-refractivity contribution in [3.05, 3.63) is 0 Å². The largest absolute Gasteiger partial charge is 0.315 e. The zero-order valence-corrected chi connectivity index (χ0v) is 6.98. The van der Waals surface area contributed by atoms with Gasteiger partial charge in [-0.05, 0) is 18.9 Å². The van der Waals surface area contributed by atoms with Crippen molar-refractivity contribution >= 4 is 0 Å². The molecule has 0 aliphatic rings. The number of nitrogens with two attached hydrogens (primary N) is 1. The van der Waals surface area contributed by atoms with Crippen molar-refractivity contribution in [3.8, 4) is 0 Å². The maximum atomic E-state index is 5.08. The van der Waals surface area contributed by atoms with Crippen molar-refractivity contribution < 1.29 is 0 Å². The first-order valence-corrected chi connectivity index (χ1v) is 3.91. The third-order valence-electron chi connectivity index (χ3n) is 1.34.